The smallest absolute Gasteiger partial charge is 0.0994 e. The minimum absolute atomic E-state index is 0.0484. The lowest BCUT2D eigenvalue weighted by Gasteiger charge is -2.04. The third kappa shape index (κ3) is 7.04. The maximum atomic E-state index is 6.04. The summed E-state index contributed by atoms with van der Waals surface area (Å²) in [5, 5.41) is 8.34. The number of nitrogens with two attached hydrogens (primary N) is 1. The summed E-state index contributed by atoms with van der Waals surface area (Å²) in [4.78, 5) is 0. The van der Waals surface area contributed by atoms with Crippen LogP contribution in [0.25, 0.3) is 0 Å². The van der Waals surface area contributed by atoms with E-state index in [1.54, 1.807) is 0 Å². The second-order valence-corrected chi connectivity index (χ2v) is 5.78. The topological polar surface area (TPSA) is 56.7 Å². The summed E-state index contributed by atoms with van der Waals surface area (Å²) in [5.41, 5.74) is 6.97. The fraction of sp³-hybridized carbons (Fsp3) is 0.875. The van der Waals surface area contributed by atoms with Crippen molar-refractivity contribution in [1.82, 2.24) is 15.0 Å². The van der Waals surface area contributed by atoms with Crippen LogP contribution in [0.15, 0.2) is 6.20 Å². The van der Waals surface area contributed by atoms with Gasteiger partial charge in [-0.2, -0.15) is 0 Å². The molecule has 0 fully saturated rings. The highest BCUT2D eigenvalue weighted by atomic mass is 15.4. The van der Waals surface area contributed by atoms with Crippen molar-refractivity contribution >= 4 is 0 Å². The normalized spacial score (nSPS) is 12.8. The molecule has 0 saturated carbocycles. The van der Waals surface area contributed by atoms with E-state index < -0.39 is 0 Å². The molecule has 1 unspecified atom stereocenters. The molecule has 0 spiro atoms. The van der Waals surface area contributed by atoms with Crippen molar-refractivity contribution in [3.8, 4) is 0 Å². The minimum atomic E-state index is 0.0484. The van der Waals surface area contributed by atoms with Crippen molar-refractivity contribution in [2.75, 3.05) is 0 Å². The summed E-state index contributed by atoms with van der Waals surface area (Å²) in [6.07, 6.45) is 14.8. The lowest BCUT2D eigenvalue weighted by atomic mass is 10.1. The van der Waals surface area contributed by atoms with E-state index in [1.165, 1.54) is 51.4 Å². The Balaban J connectivity index is 2.07. The van der Waals surface area contributed by atoms with Gasteiger partial charge in [0.05, 0.1) is 17.9 Å². The van der Waals surface area contributed by atoms with Crippen LogP contribution in [0.5, 0.6) is 0 Å². The number of aryl methyl sites for hydroxylation is 1. The van der Waals surface area contributed by atoms with E-state index in [9.17, 15) is 0 Å². The predicted molar refractivity (Wildman–Crippen MR) is 84.5 cm³/mol. The van der Waals surface area contributed by atoms with Gasteiger partial charge >= 0.3 is 0 Å². The van der Waals surface area contributed by atoms with E-state index in [0.29, 0.717) is 0 Å². The van der Waals surface area contributed by atoms with Gasteiger partial charge in [0.15, 0.2) is 0 Å². The van der Waals surface area contributed by atoms with Gasteiger partial charge in [0.2, 0.25) is 0 Å². The molecule has 0 saturated heterocycles. The highest BCUT2D eigenvalue weighted by Gasteiger charge is 2.09. The summed E-state index contributed by atoms with van der Waals surface area (Å²) >= 11 is 0. The second kappa shape index (κ2) is 10.8. The van der Waals surface area contributed by atoms with Gasteiger partial charge in [0, 0.05) is 6.54 Å². The molecule has 0 amide bonds. The van der Waals surface area contributed by atoms with Crippen LogP contribution in [0, 0.1) is 0 Å². The highest BCUT2D eigenvalue weighted by Crippen LogP contribution is 2.13. The molecular formula is C16H32N4. The SMILES string of the molecule is CCCCCCCCCCn1cc(C(N)CCC)nn1. The van der Waals surface area contributed by atoms with Crippen LogP contribution in [-0.4, -0.2) is 15.0 Å². The first kappa shape index (κ1) is 17.2. The number of unbranched alkanes of at least 4 members (excludes halogenated alkanes) is 7. The third-order valence-corrected chi connectivity index (χ3v) is 3.78. The molecule has 0 radical (unpaired) electrons. The fourth-order valence-electron chi connectivity index (χ4n) is 2.46. The number of nitrogens with zero attached hydrogens (tertiary/aromatic N) is 3. The van der Waals surface area contributed by atoms with Crippen LogP contribution in [-0.2, 0) is 6.54 Å². The first-order valence-electron chi connectivity index (χ1n) is 8.43. The largest absolute Gasteiger partial charge is 0.323 e. The summed E-state index contributed by atoms with van der Waals surface area (Å²) in [6, 6.07) is 0.0484. The molecule has 1 heterocycles. The van der Waals surface area contributed by atoms with E-state index in [0.717, 1.165) is 25.1 Å². The summed E-state index contributed by atoms with van der Waals surface area (Å²) < 4.78 is 1.95. The van der Waals surface area contributed by atoms with Crippen LogP contribution in [0.4, 0.5) is 0 Å². The lowest BCUT2D eigenvalue weighted by Crippen LogP contribution is -2.10. The molecular weight excluding hydrogens is 248 g/mol. The zero-order valence-electron chi connectivity index (χ0n) is 13.4. The quantitative estimate of drug-likeness (QED) is 0.583. The van der Waals surface area contributed by atoms with Gasteiger partial charge in [0.25, 0.3) is 0 Å². The van der Waals surface area contributed by atoms with Gasteiger partial charge in [0.1, 0.15) is 0 Å². The number of hydrogen-bond acceptors (Lipinski definition) is 3. The van der Waals surface area contributed by atoms with E-state index in [1.807, 2.05) is 10.9 Å². The highest BCUT2D eigenvalue weighted by molar-refractivity contribution is 4.99. The van der Waals surface area contributed by atoms with E-state index in [-0.39, 0.29) is 6.04 Å². The fourth-order valence-corrected chi connectivity index (χ4v) is 2.46. The number of aromatic nitrogens is 3. The number of rotatable bonds is 12. The molecule has 2 N–H and O–H groups in total. The van der Waals surface area contributed by atoms with E-state index in [4.69, 9.17) is 5.73 Å². The van der Waals surface area contributed by atoms with Gasteiger partial charge in [-0.25, -0.2) is 0 Å². The molecule has 0 aromatic carbocycles. The van der Waals surface area contributed by atoms with Gasteiger partial charge in [-0.1, -0.05) is 70.4 Å². The molecule has 1 aromatic heterocycles. The van der Waals surface area contributed by atoms with Crippen LogP contribution in [0.1, 0.15) is 89.8 Å². The van der Waals surface area contributed by atoms with Crippen molar-refractivity contribution in [3.05, 3.63) is 11.9 Å². The molecule has 0 aliphatic carbocycles. The Labute approximate surface area is 124 Å². The zero-order valence-corrected chi connectivity index (χ0v) is 13.4. The Morgan fingerprint density at radius 3 is 2.30 bits per heavy atom. The Morgan fingerprint density at radius 2 is 1.65 bits per heavy atom. The molecule has 1 aromatic rings. The second-order valence-electron chi connectivity index (χ2n) is 5.78. The molecule has 20 heavy (non-hydrogen) atoms. The molecule has 0 bridgehead atoms. The maximum Gasteiger partial charge on any atom is 0.0994 e. The first-order chi connectivity index (χ1) is 9.77. The van der Waals surface area contributed by atoms with Gasteiger partial charge < -0.3 is 5.73 Å². The summed E-state index contributed by atoms with van der Waals surface area (Å²) in [6.45, 7) is 5.38. The molecule has 116 valence electrons. The monoisotopic (exact) mass is 280 g/mol. The average Bonchev–Trinajstić information content (AvgIpc) is 2.91. The summed E-state index contributed by atoms with van der Waals surface area (Å²) in [7, 11) is 0. The van der Waals surface area contributed by atoms with Crippen molar-refractivity contribution in [1.29, 1.82) is 0 Å². The van der Waals surface area contributed by atoms with Crippen LogP contribution >= 0.6 is 0 Å². The van der Waals surface area contributed by atoms with Crippen molar-refractivity contribution < 1.29 is 0 Å². The van der Waals surface area contributed by atoms with E-state index >= 15 is 0 Å². The zero-order chi connectivity index (χ0) is 14.6. The Bertz CT molecular complexity index is 335. The van der Waals surface area contributed by atoms with Crippen LogP contribution < -0.4 is 5.73 Å². The molecule has 0 aliphatic rings. The summed E-state index contributed by atoms with van der Waals surface area (Å²) in [5.74, 6) is 0. The average molecular weight is 280 g/mol. The van der Waals surface area contributed by atoms with Crippen molar-refractivity contribution in [3.63, 3.8) is 0 Å². The lowest BCUT2D eigenvalue weighted by molar-refractivity contribution is 0.510. The maximum absolute atomic E-state index is 6.04. The Hall–Kier alpha value is -0.900. The third-order valence-electron chi connectivity index (χ3n) is 3.78. The molecule has 4 heteroatoms. The minimum Gasteiger partial charge on any atom is -0.323 e. The van der Waals surface area contributed by atoms with Crippen LogP contribution in [0.3, 0.4) is 0 Å². The van der Waals surface area contributed by atoms with Gasteiger partial charge in [-0.15, -0.1) is 5.10 Å². The van der Waals surface area contributed by atoms with Crippen molar-refractivity contribution in [2.45, 2.75) is 90.6 Å². The standard InChI is InChI=1S/C16H32N4/c1-3-5-6-7-8-9-10-11-13-20-14-16(18-19-20)15(17)12-4-2/h14-15H,3-13,17H2,1-2H3. The van der Waals surface area contributed by atoms with Gasteiger partial charge in [-0.05, 0) is 12.8 Å². The molecule has 1 atom stereocenters. The first-order valence-corrected chi connectivity index (χ1v) is 8.43. The number of hydrogen-bond donors (Lipinski definition) is 1. The van der Waals surface area contributed by atoms with Crippen molar-refractivity contribution in [2.24, 2.45) is 5.73 Å². The van der Waals surface area contributed by atoms with Gasteiger partial charge in [-0.3, -0.25) is 4.68 Å². The molecule has 1 rings (SSSR count). The Kier molecular flexibility index (Phi) is 9.29. The molecule has 4 nitrogen and oxygen atoms in total. The molecule has 0 aliphatic heterocycles. The predicted octanol–water partition coefficient (Wildman–Crippen LogP) is 4.22. The van der Waals surface area contributed by atoms with E-state index in [2.05, 4.69) is 24.2 Å². The Morgan fingerprint density at radius 1 is 1.00 bits per heavy atom. The van der Waals surface area contributed by atoms with Crippen LogP contribution in [0.2, 0.25) is 0 Å².